The van der Waals surface area contributed by atoms with Crippen LogP contribution in [0.4, 0.5) is 11.4 Å². The number of carbonyl (C=O) groups is 2. The summed E-state index contributed by atoms with van der Waals surface area (Å²) in [6.45, 7) is -0.288. The van der Waals surface area contributed by atoms with Crippen molar-refractivity contribution in [2.45, 2.75) is 0 Å². The van der Waals surface area contributed by atoms with Crippen LogP contribution in [0.1, 0.15) is 15.9 Å². The third kappa shape index (κ3) is 7.16. The lowest BCUT2D eigenvalue weighted by molar-refractivity contribution is -0.384. The van der Waals surface area contributed by atoms with Crippen molar-refractivity contribution in [2.24, 2.45) is 5.10 Å². The molecule has 0 aliphatic rings. The van der Waals surface area contributed by atoms with Crippen LogP contribution >= 0.6 is 23.2 Å². The smallest absolute Gasteiger partial charge is 0.271 e. The standard InChI is InChI=1S/C23H18Cl2N4O6/c1-34-21-9-14(12-26-28-23(31)15-3-2-4-17(10-15)29(32)33)5-8-20(21)35-13-22(30)27-16-6-7-18(24)19(25)11-16/h2-12H,13H2,1H3,(H,27,30)(H,28,31)/b26-12+. The van der Waals surface area contributed by atoms with E-state index in [1.165, 1.54) is 37.6 Å². The van der Waals surface area contributed by atoms with Gasteiger partial charge in [-0.2, -0.15) is 5.10 Å². The number of carbonyl (C=O) groups excluding carboxylic acids is 2. The van der Waals surface area contributed by atoms with Crippen molar-refractivity contribution in [3.63, 3.8) is 0 Å². The van der Waals surface area contributed by atoms with Crippen LogP contribution in [-0.4, -0.2) is 36.7 Å². The van der Waals surface area contributed by atoms with E-state index in [1.54, 1.807) is 30.3 Å². The van der Waals surface area contributed by atoms with Crippen molar-refractivity contribution in [1.82, 2.24) is 5.43 Å². The second-order valence-corrected chi connectivity index (χ2v) is 7.70. The number of anilines is 1. The van der Waals surface area contributed by atoms with Gasteiger partial charge in [-0.25, -0.2) is 5.43 Å². The number of nitrogens with one attached hydrogen (secondary N) is 2. The fourth-order valence-electron chi connectivity index (χ4n) is 2.79. The number of rotatable bonds is 9. The number of benzene rings is 3. The van der Waals surface area contributed by atoms with Gasteiger partial charge in [-0.1, -0.05) is 29.3 Å². The highest BCUT2D eigenvalue weighted by molar-refractivity contribution is 6.42. The summed E-state index contributed by atoms with van der Waals surface area (Å²) in [5.41, 5.74) is 3.23. The van der Waals surface area contributed by atoms with Crippen LogP contribution < -0.4 is 20.2 Å². The number of nitrogens with zero attached hydrogens (tertiary/aromatic N) is 2. The molecule has 0 spiro atoms. The molecule has 0 unspecified atom stereocenters. The zero-order valence-electron chi connectivity index (χ0n) is 18.2. The van der Waals surface area contributed by atoms with Crippen molar-refractivity contribution in [1.29, 1.82) is 0 Å². The molecule has 180 valence electrons. The maximum absolute atomic E-state index is 12.2. The molecular weight excluding hydrogens is 499 g/mol. The molecule has 0 aliphatic carbocycles. The predicted octanol–water partition coefficient (Wildman–Crippen LogP) is 4.69. The molecule has 0 saturated carbocycles. The third-order valence-electron chi connectivity index (χ3n) is 4.45. The molecule has 0 bridgehead atoms. The number of non-ortho nitro benzene ring substituents is 1. The Balaban J connectivity index is 1.58. The molecule has 0 atom stereocenters. The Morgan fingerprint density at radius 2 is 1.86 bits per heavy atom. The highest BCUT2D eigenvalue weighted by Gasteiger charge is 2.12. The van der Waals surface area contributed by atoms with Gasteiger partial charge in [0.2, 0.25) is 0 Å². The van der Waals surface area contributed by atoms with Gasteiger partial charge in [0.05, 0.1) is 28.3 Å². The summed E-state index contributed by atoms with van der Waals surface area (Å²) in [6.07, 6.45) is 1.36. The van der Waals surface area contributed by atoms with E-state index in [0.29, 0.717) is 32.8 Å². The van der Waals surface area contributed by atoms with E-state index in [1.807, 2.05) is 0 Å². The van der Waals surface area contributed by atoms with Crippen molar-refractivity contribution < 1.29 is 24.0 Å². The molecule has 3 rings (SSSR count). The highest BCUT2D eigenvalue weighted by Crippen LogP contribution is 2.28. The van der Waals surface area contributed by atoms with Gasteiger partial charge in [0.1, 0.15) is 0 Å². The molecule has 0 aromatic heterocycles. The van der Waals surface area contributed by atoms with E-state index in [4.69, 9.17) is 32.7 Å². The molecule has 12 heteroatoms. The van der Waals surface area contributed by atoms with Crippen molar-refractivity contribution in [2.75, 3.05) is 19.0 Å². The number of hydrogen-bond donors (Lipinski definition) is 2. The largest absolute Gasteiger partial charge is 0.493 e. The Morgan fingerprint density at radius 3 is 2.57 bits per heavy atom. The molecule has 10 nitrogen and oxygen atoms in total. The minimum atomic E-state index is -0.607. The van der Waals surface area contributed by atoms with Gasteiger partial charge in [0.15, 0.2) is 18.1 Å². The fraction of sp³-hybridized carbons (Fsp3) is 0.0870. The number of hydrogen-bond acceptors (Lipinski definition) is 7. The average molecular weight is 517 g/mol. The number of hydrazone groups is 1. The molecule has 0 fully saturated rings. The van der Waals surface area contributed by atoms with Gasteiger partial charge in [-0.15, -0.1) is 0 Å². The van der Waals surface area contributed by atoms with Gasteiger partial charge < -0.3 is 14.8 Å². The van der Waals surface area contributed by atoms with Gasteiger partial charge in [0, 0.05) is 23.4 Å². The Bertz CT molecular complexity index is 1300. The van der Waals surface area contributed by atoms with Crippen LogP contribution in [0.3, 0.4) is 0 Å². The van der Waals surface area contributed by atoms with Crippen LogP contribution in [-0.2, 0) is 4.79 Å². The quantitative estimate of drug-likeness (QED) is 0.241. The second kappa shape index (κ2) is 11.8. The maximum Gasteiger partial charge on any atom is 0.271 e. The first-order valence-corrected chi connectivity index (χ1v) is 10.7. The summed E-state index contributed by atoms with van der Waals surface area (Å²) < 4.78 is 10.8. The summed E-state index contributed by atoms with van der Waals surface area (Å²) in [6, 6.07) is 14.8. The van der Waals surface area contributed by atoms with Crippen molar-refractivity contribution in [3.8, 4) is 11.5 Å². The minimum absolute atomic E-state index is 0.0943. The van der Waals surface area contributed by atoms with E-state index in [9.17, 15) is 19.7 Å². The number of nitro groups is 1. The summed E-state index contributed by atoms with van der Waals surface area (Å²) in [4.78, 5) is 34.6. The molecule has 0 saturated heterocycles. The van der Waals surface area contributed by atoms with E-state index in [2.05, 4.69) is 15.8 Å². The Labute approximate surface area is 209 Å². The topological polar surface area (TPSA) is 132 Å². The summed E-state index contributed by atoms with van der Waals surface area (Å²) >= 11 is 11.8. The van der Waals surface area contributed by atoms with Gasteiger partial charge in [-0.05, 0) is 48.0 Å². The Kier molecular flexibility index (Phi) is 8.60. The molecule has 3 aromatic rings. The molecule has 0 aliphatic heterocycles. The van der Waals surface area contributed by atoms with E-state index < -0.39 is 16.7 Å². The van der Waals surface area contributed by atoms with Crippen LogP contribution in [0, 0.1) is 10.1 Å². The lowest BCUT2D eigenvalue weighted by atomic mass is 10.2. The average Bonchev–Trinajstić information content (AvgIpc) is 2.85. The monoisotopic (exact) mass is 516 g/mol. The predicted molar refractivity (Wildman–Crippen MR) is 132 cm³/mol. The number of halogens is 2. The zero-order valence-corrected chi connectivity index (χ0v) is 19.7. The number of nitro benzene ring substituents is 1. The fourth-order valence-corrected chi connectivity index (χ4v) is 3.09. The third-order valence-corrected chi connectivity index (χ3v) is 5.19. The molecular formula is C23H18Cl2N4O6. The van der Waals surface area contributed by atoms with Gasteiger partial charge in [-0.3, -0.25) is 19.7 Å². The van der Waals surface area contributed by atoms with Crippen LogP contribution in [0.25, 0.3) is 0 Å². The number of methoxy groups -OCH3 is 1. The van der Waals surface area contributed by atoms with E-state index in [-0.39, 0.29) is 17.9 Å². The zero-order chi connectivity index (χ0) is 25.4. The molecule has 35 heavy (non-hydrogen) atoms. The normalized spacial score (nSPS) is 10.6. The SMILES string of the molecule is COc1cc(/C=N/NC(=O)c2cccc([N+](=O)[O-])c2)ccc1OCC(=O)Nc1ccc(Cl)c(Cl)c1. The first-order valence-electron chi connectivity index (χ1n) is 9.90. The number of amides is 2. The Morgan fingerprint density at radius 1 is 1.06 bits per heavy atom. The maximum atomic E-state index is 12.2. The molecule has 3 aromatic carbocycles. The summed E-state index contributed by atoms with van der Waals surface area (Å²) in [5, 5.41) is 18.0. The molecule has 0 heterocycles. The van der Waals surface area contributed by atoms with Crippen molar-refractivity contribution in [3.05, 3.63) is 92.0 Å². The minimum Gasteiger partial charge on any atom is -0.493 e. The van der Waals surface area contributed by atoms with Gasteiger partial charge >= 0.3 is 0 Å². The lowest BCUT2D eigenvalue weighted by Crippen LogP contribution is -2.20. The summed E-state index contributed by atoms with van der Waals surface area (Å²) in [5.74, 6) is -0.374. The van der Waals surface area contributed by atoms with Gasteiger partial charge in [0.25, 0.3) is 17.5 Å². The van der Waals surface area contributed by atoms with Crippen LogP contribution in [0.5, 0.6) is 11.5 Å². The Hall–Kier alpha value is -4.15. The van der Waals surface area contributed by atoms with Crippen molar-refractivity contribution >= 4 is 52.6 Å². The first kappa shape index (κ1) is 25.5. The number of ether oxygens (including phenoxy) is 2. The van der Waals surface area contributed by atoms with E-state index >= 15 is 0 Å². The molecule has 2 N–H and O–H groups in total. The highest BCUT2D eigenvalue weighted by atomic mass is 35.5. The summed E-state index contributed by atoms with van der Waals surface area (Å²) in [7, 11) is 1.43. The van der Waals surface area contributed by atoms with Crippen LogP contribution in [0.2, 0.25) is 10.0 Å². The molecule has 2 amide bonds. The van der Waals surface area contributed by atoms with E-state index in [0.717, 1.165) is 6.07 Å². The van der Waals surface area contributed by atoms with Crippen LogP contribution in [0.15, 0.2) is 65.8 Å². The first-order chi connectivity index (χ1) is 16.8. The second-order valence-electron chi connectivity index (χ2n) is 6.88. The lowest BCUT2D eigenvalue weighted by Gasteiger charge is -2.11. The molecule has 0 radical (unpaired) electrons.